The van der Waals surface area contributed by atoms with E-state index in [2.05, 4.69) is 11.1 Å². The zero-order valence-electron chi connectivity index (χ0n) is 17.1. The molecule has 0 atom stereocenters. The number of aromatic nitrogens is 2. The lowest BCUT2D eigenvalue weighted by atomic mass is 10.1. The number of aryl methyl sites for hydroxylation is 1. The Hall–Kier alpha value is -3.08. The zero-order valence-corrected chi connectivity index (χ0v) is 18.6. The Labute approximate surface area is 189 Å². The third-order valence-electron chi connectivity index (χ3n) is 5.11. The number of benzene rings is 2. The van der Waals surface area contributed by atoms with Crippen molar-refractivity contribution in [1.82, 2.24) is 14.5 Å². The molecule has 4 rings (SSSR count). The monoisotopic (exact) mass is 450 g/mol. The second kappa shape index (κ2) is 8.58. The van der Waals surface area contributed by atoms with Crippen molar-refractivity contribution >= 4 is 35.2 Å². The van der Waals surface area contributed by atoms with Gasteiger partial charge in [0.2, 0.25) is 5.82 Å². The van der Waals surface area contributed by atoms with E-state index in [1.807, 2.05) is 30.5 Å². The first-order valence-corrected chi connectivity index (χ1v) is 11.1. The van der Waals surface area contributed by atoms with Crippen LogP contribution in [-0.2, 0) is 19.5 Å². The van der Waals surface area contributed by atoms with Gasteiger partial charge in [-0.05, 0) is 43.2 Å². The number of imide groups is 1. The Morgan fingerprint density at radius 3 is 2.71 bits per heavy atom. The summed E-state index contributed by atoms with van der Waals surface area (Å²) >= 11 is 7.57. The number of fused-ring (bicyclic) bond motifs is 1. The van der Waals surface area contributed by atoms with Crippen LogP contribution in [-0.4, -0.2) is 26.3 Å². The van der Waals surface area contributed by atoms with Gasteiger partial charge in [0.1, 0.15) is 5.03 Å². The van der Waals surface area contributed by atoms with Crippen LogP contribution < -0.4 is 0 Å². The number of imidazole rings is 1. The number of nitriles is 1. The minimum absolute atomic E-state index is 0.241. The summed E-state index contributed by atoms with van der Waals surface area (Å²) in [4.78, 5) is 32.8. The Balaban J connectivity index is 1.72. The van der Waals surface area contributed by atoms with Gasteiger partial charge in [-0.1, -0.05) is 48.5 Å². The van der Waals surface area contributed by atoms with E-state index in [1.165, 1.54) is 16.7 Å². The summed E-state index contributed by atoms with van der Waals surface area (Å²) in [5.74, 6) is -0.467. The normalized spacial score (nSPS) is 12.7. The molecule has 0 bridgehead atoms. The number of rotatable bonds is 5. The van der Waals surface area contributed by atoms with E-state index in [0.717, 1.165) is 21.2 Å². The zero-order chi connectivity index (χ0) is 22.1. The van der Waals surface area contributed by atoms with Gasteiger partial charge in [-0.15, -0.1) is 0 Å². The average Bonchev–Trinajstić information content (AvgIpc) is 3.30. The summed E-state index contributed by atoms with van der Waals surface area (Å²) in [7, 11) is 0. The number of hydrogen-bond acceptors (Lipinski definition) is 5. The topological polar surface area (TPSA) is 79.0 Å². The van der Waals surface area contributed by atoms with E-state index >= 15 is 0 Å². The smallest absolute Gasteiger partial charge is 0.297 e. The van der Waals surface area contributed by atoms with Crippen LogP contribution in [0.5, 0.6) is 0 Å². The molecular formula is C23H19ClN4O2S. The van der Waals surface area contributed by atoms with Crippen molar-refractivity contribution in [3.8, 4) is 6.07 Å². The highest BCUT2D eigenvalue weighted by molar-refractivity contribution is 7.99. The number of hydrogen-bond donors (Lipinski definition) is 0. The van der Waals surface area contributed by atoms with Gasteiger partial charge in [0.05, 0.1) is 23.9 Å². The molecule has 0 radical (unpaired) electrons. The molecule has 0 spiro atoms. The van der Waals surface area contributed by atoms with Crippen LogP contribution >= 0.6 is 23.4 Å². The van der Waals surface area contributed by atoms with Gasteiger partial charge in [-0.2, -0.15) is 5.26 Å². The van der Waals surface area contributed by atoms with Crippen molar-refractivity contribution in [2.75, 3.05) is 0 Å². The fraction of sp³-hybridized carbons (Fsp3) is 0.217. The molecule has 2 amide bonds. The van der Waals surface area contributed by atoms with Crippen molar-refractivity contribution in [2.45, 2.75) is 43.3 Å². The van der Waals surface area contributed by atoms with Crippen molar-refractivity contribution in [1.29, 1.82) is 5.26 Å². The molecule has 0 N–H and O–H groups in total. The Bertz CT molecular complexity index is 1240. The first-order valence-electron chi connectivity index (χ1n) is 9.88. The average molecular weight is 451 g/mol. The number of nitrogens with zero attached hydrogens (tertiary/aromatic N) is 4. The fourth-order valence-corrected chi connectivity index (χ4v) is 5.15. The van der Waals surface area contributed by atoms with E-state index in [-0.39, 0.29) is 18.3 Å². The van der Waals surface area contributed by atoms with Gasteiger partial charge < -0.3 is 4.57 Å². The van der Waals surface area contributed by atoms with Gasteiger partial charge in [0, 0.05) is 22.0 Å². The maximum absolute atomic E-state index is 13.3. The lowest BCUT2D eigenvalue weighted by Crippen LogP contribution is -2.33. The largest absolute Gasteiger partial charge is 0.315 e. The molecule has 0 aliphatic carbocycles. The van der Waals surface area contributed by atoms with Gasteiger partial charge in [-0.25, -0.2) is 4.98 Å². The standard InChI is InChI=1S/C23H19ClN4O2S/c1-3-19-23(31-17-10-14(12-25)9-16(24)11-17)27(4-2)20(26-19)22(30)28-13-15-7-5-6-8-18(15)21(28)29/h5-11H,3-4,13H2,1-2H3. The molecule has 156 valence electrons. The number of halogens is 1. The van der Waals surface area contributed by atoms with Gasteiger partial charge >= 0.3 is 0 Å². The molecule has 0 saturated carbocycles. The Morgan fingerprint density at radius 1 is 1.26 bits per heavy atom. The van der Waals surface area contributed by atoms with Crippen molar-refractivity contribution < 1.29 is 9.59 Å². The molecule has 8 heteroatoms. The molecule has 1 aliphatic rings. The second-order valence-electron chi connectivity index (χ2n) is 7.03. The van der Waals surface area contributed by atoms with Crippen molar-refractivity contribution in [3.05, 3.63) is 75.7 Å². The highest BCUT2D eigenvalue weighted by atomic mass is 35.5. The molecule has 1 aromatic heterocycles. The van der Waals surface area contributed by atoms with Crippen LogP contribution in [0.4, 0.5) is 0 Å². The highest BCUT2D eigenvalue weighted by Crippen LogP contribution is 2.35. The lowest BCUT2D eigenvalue weighted by molar-refractivity contribution is 0.0619. The first-order chi connectivity index (χ1) is 15.0. The summed E-state index contributed by atoms with van der Waals surface area (Å²) in [6.45, 7) is 4.66. The van der Waals surface area contributed by atoms with E-state index in [1.54, 1.807) is 30.3 Å². The highest BCUT2D eigenvalue weighted by Gasteiger charge is 2.35. The maximum atomic E-state index is 13.3. The summed E-state index contributed by atoms with van der Waals surface area (Å²) in [6.07, 6.45) is 0.620. The molecular weight excluding hydrogens is 432 g/mol. The molecule has 0 unspecified atom stereocenters. The van der Waals surface area contributed by atoms with Crippen LogP contribution in [0.2, 0.25) is 5.02 Å². The van der Waals surface area contributed by atoms with E-state index < -0.39 is 5.91 Å². The molecule has 1 aliphatic heterocycles. The number of carbonyl (C=O) groups excluding carboxylic acids is 2. The quantitative estimate of drug-likeness (QED) is 0.514. The number of carbonyl (C=O) groups is 2. The molecule has 3 aromatic rings. The molecule has 2 heterocycles. The molecule has 2 aromatic carbocycles. The third kappa shape index (κ3) is 3.85. The van der Waals surface area contributed by atoms with Gasteiger partial charge in [0.15, 0.2) is 0 Å². The molecule has 6 nitrogen and oxygen atoms in total. The minimum atomic E-state index is -0.409. The van der Waals surface area contributed by atoms with E-state index in [0.29, 0.717) is 29.1 Å². The summed E-state index contributed by atoms with van der Waals surface area (Å²) in [6, 6.07) is 14.5. The minimum Gasteiger partial charge on any atom is -0.315 e. The number of amides is 2. The van der Waals surface area contributed by atoms with Crippen LogP contribution in [0.1, 0.15) is 51.6 Å². The van der Waals surface area contributed by atoms with Crippen LogP contribution in [0.15, 0.2) is 52.4 Å². The SMILES string of the molecule is CCc1nc(C(=O)N2Cc3ccccc3C2=O)n(CC)c1Sc1cc(Cl)cc(C#N)c1. The van der Waals surface area contributed by atoms with Crippen LogP contribution in [0.3, 0.4) is 0 Å². The third-order valence-corrected chi connectivity index (χ3v) is 6.45. The van der Waals surface area contributed by atoms with Crippen molar-refractivity contribution in [2.24, 2.45) is 0 Å². The van der Waals surface area contributed by atoms with E-state index in [9.17, 15) is 14.9 Å². The van der Waals surface area contributed by atoms with E-state index in [4.69, 9.17) is 11.6 Å². The summed E-state index contributed by atoms with van der Waals surface area (Å²) in [5.41, 5.74) is 2.62. The van der Waals surface area contributed by atoms with Crippen molar-refractivity contribution in [3.63, 3.8) is 0 Å². The van der Waals surface area contributed by atoms with Gasteiger partial charge in [-0.3, -0.25) is 14.5 Å². The first kappa shape index (κ1) is 21.2. The predicted molar refractivity (Wildman–Crippen MR) is 118 cm³/mol. The Morgan fingerprint density at radius 2 is 2.03 bits per heavy atom. The predicted octanol–water partition coefficient (Wildman–Crippen LogP) is 4.94. The van der Waals surface area contributed by atoms with Crippen LogP contribution in [0, 0.1) is 11.3 Å². The van der Waals surface area contributed by atoms with Crippen LogP contribution in [0.25, 0.3) is 0 Å². The lowest BCUT2D eigenvalue weighted by Gasteiger charge is -2.15. The van der Waals surface area contributed by atoms with Gasteiger partial charge in [0.25, 0.3) is 11.8 Å². The molecule has 0 fully saturated rings. The summed E-state index contributed by atoms with van der Waals surface area (Å²) < 4.78 is 1.83. The molecule has 0 saturated heterocycles. The molecule has 31 heavy (non-hydrogen) atoms. The maximum Gasteiger partial charge on any atom is 0.297 e. The second-order valence-corrected chi connectivity index (χ2v) is 8.53. The fourth-order valence-electron chi connectivity index (χ4n) is 3.63. The summed E-state index contributed by atoms with van der Waals surface area (Å²) in [5, 5.41) is 10.5. The Kier molecular flexibility index (Phi) is 5.86.